The molecule has 5 heteroatoms. The lowest BCUT2D eigenvalue weighted by molar-refractivity contribution is 0.199. The summed E-state index contributed by atoms with van der Waals surface area (Å²) in [6, 6.07) is 7.93. The summed E-state index contributed by atoms with van der Waals surface area (Å²) in [4.78, 5) is 5.30. The third-order valence-electron chi connectivity index (χ3n) is 2.51. The molecular weight excluding hydrogens is 234 g/mol. The largest absolute Gasteiger partial charge is 0.389 e. The Bertz CT molecular complexity index is 496. The van der Waals surface area contributed by atoms with E-state index < -0.39 is 6.10 Å². The monoisotopic (exact) mass is 249 g/mol. The molecule has 0 aliphatic carbocycles. The van der Waals surface area contributed by atoms with E-state index in [1.807, 2.05) is 31.3 Å². The summed E-state index contributed by atoms with van der Waals surface area (Å²) in [5, 5.41) is 13.5. The molecule has 1 N–H and O–H groups in total. The third kappa shape index (κ3) is 3.08. The van der Waals surface area contributed by atoms with Crippen molar-refractivity contribution in [1.29, 1.82) is 0 Å². The SMILES string of the molecule is CC(O)c1cccc(SCc2ncnn2C)c1. The molecule has 4 nitrogen and oxygen atoms in total. The molecule has 17 heavy (non-hydrogen) atoms. The summed E-state index contributed by atoms with van der Waals surface area (Å²) in [6.07, 6.45) is 1.13. The number of aliphatic hydroxyl groups excluding tert-OH is 1. The zero-order valence-electron chi connectivity index (χ0n) is 9.87. The topological polar surface area (TPSA) is 50.9 Å². The van der Waals surface area contributed by atoms with Gasteiger partial charge < -0.3 is 5.11 Å². The fourth-order valence-electron chi connectivity index (χ4n) is 1.46. The molecule has 0 amide bonds. The van der Waals surface area contributed by atoms with Gasteiger partial charge in [0, 0.05) is 11.9 Å². The Kier molecular flexibility index (Phi) is 3.81. The summed E-state index contributed by atoms with van der Waals surface area (Å²) < 4.78 is 1.77. The first-order valence-electron chi connectivity index (χ1n) is 5.40. The summed E-state index contributed by atoms with van der Waals surface area (Å²) in [7, 11) is 1.88. The van der Waals surface area contributed by atoms with E-state index in [0.29, 0.717) is 0 Å². The zero-order chi connectivity index (χ0) is 12.3. The van der Waals surface area contributed by atoms with Gasteiger partial charge in [0.2, 0.25) is 0 Å². The number of hydrogen-bond acceptors (Lipinski definition) is 4. The molecule has 1 atom stereocenters. The van der Waals surface area contributed by atoms with Gasteiger partial charge in [-0.2, -0.15) is 5.10 Å². The maximum absolute atomic E-state index is 9.51. The summed E-state index contributed by atoms with van der Waals surface area (Å²) in [6.45, 7) is 1.77. The van der Waals surface area contributed by atoms with Crippen LogP contribution in [0.5, 0.6) is 0 Å². The number of rotatable bonds is 4. The smallest absolute Gasteiger partial charge is 0.138 e. The molecule has 1 aromatic heterocycles. The van der Waals surface area contributed by atoms with Gasteiger partial charge in [-0.05, 0) is 24.6 Å². The molecule has 0 bridgehead atoms. The van der Waals surface area contributed by atoms with Gasteiger partial charge in [0.1, 0.15) is 12.2 Å². The van der Waals surface area contributed by atoms with Gasteiger partial charge in [-0.25, -0.2) is 4.98 Å². The van der Waals surface area contributed by atoms with Gasteiger partial charge >= 0.3 is 0 Å². The average Bonchev–Trinajstić information content (AvgIpc) is 2.72. The second-order valence-electron chi connectivity index (χ2n) is 3.84. The van der Waals surface area contributed by atoms with Crippen LogP contribution in [0.3, 0.4) is 0 Å². The van der Waals surface area contributed by atoms with E-state index in [1.165, 1.54) is 0 Å². The van der Waals surface area contributed by atoms with Crippen LogP contribution in [0.1, 0.15) is 24.4 Å². The van der Waals surface area contributed by atoms with E-state index in [0.717, 1.165) is 22.0 Å². The van der Waals surface area contributed by atoms with E-state index in [9.17, 15) is 5.11 Å². The van der Waals surface area contributed by atoms with E-state index in [2.05, 4.69) is 10.1 Å². The van der Waals surface area contributed by atoms with Crippen molar-refractivity contribution in [1.82, 2.24) is 14.8 Å². The molecule has 0 saturated heterocycles. The predicted molar refractivity (Wildman–Crippen MR) is 67.6 cm³/mol. The molecule has 0 aliphatic heterocycles. The van der Waals surface area contributed by atoms with E-state index in [-0.39, 0.29) is 0 Å². The van der Waals surface area contributed by atoms with Crippen molar-refractivity contribution in [3.63, 3.8) is 0 Å². The fraction of sp³-hybridized carbons (Fsp3) is 0.333. The first kappa shape index (κ1) is 12.1. The van der Waals surface area contributed by atoms with E-state index in [1.54, 1.807) is 29.7 Å². The number of aryl methyl sites for hydroxylation is 1. The van der Waals surface area contributed by atoms with Crippen molar-refractivity contribution in [3.05, 3.63) is 42.0 Å². The predicted octanol–water partition coefficient (Wildman–Crippen LogP) is 2.16. The highest BCUT2D eigenvalue weighted by molar-refractivity contribution is 7.98. The standard InChI is InChI=1S/C12H15N3OS/c1-9(16)10-4-3-5-11(6-10)17-7-12-13-8-14-15(12)2/h3-6,8-9,16H,7H2,1-2H3. The van der Waals surface area contributed by atoms with Crippen LogP contribution in [-0.4, -0.2) is 19.9 Å². The number of hydrogen-bond donors (Lipinski definition) is 1. The molecule has 1 heterocycles. The molecule has 0 radical (unpaired) electrons. The highest BCUT2D eigenvalue weighted by Crippen LogP contribution is 2.24. The Hall–Kier alpha value is -1.33. The molecule has 0 fully saturated rings. The zero-order valence-corrected chi connectivity index (χ0v) is 10.7. The van der Waals surface area contributed by atoms with Gasteiger partial charge in [-0.1, -0.05) is 12.1 Å². The second kappa shape index (κ2) is 5.33. The molecule has 0 saturated carbocycles. The number of thioether (sulfide) groups is 1. The Morgan fingerprint density at radius 3 is 2.94 bits per heavy atom. The van der Waals surface area contributed by atoms with Crippen molar-refractivity contribution in [2.75, 3.05) is 0 Å². The molecule has 90 valence electrons. The number of benzene rings is 1. The maximum atomic E-state index is 9.51. The van der Waals surface area contributed by atoms with E-state index in [4.69, 9.17) is 0 Å². The van der Waals surface area contributed by atoms with Crippen LogP contribution < -0.4 is 0 Å². The summed E-state index contributed by atoms with van der Waals surface area (Å²) in [5.41, 5.74) is 0.938. The lowest BCUT2D eigenvalue weighted by Crippen LogP contribution is -1.97. The van der Waals surface area contributed by atoms with Crippen molar-refractivity contribution >= 4 is 11.8 Å². The highest BCUT2D eigenvalue weighted by atomic mass is 32.2. The van der Waals surface area contributed by atoms with Crippen molar-refractivity contribution in [2.45, 2.75) is 23.7 Å². The summed E-state index contributed by atoms with van der Waals surface area (Å²) >= 11 is 1.69. The van der Waals surface area contributed by atoms with Crippen LogP contribution in [0, 0.1) is 0 Å². The Labute approximate surface area is 105 Å². The molecular formula is C12H15N3OS. The molecule has 0 spiro atoms. The Morgan fingerprint density at radius 2 is 2.29 bits per heavy atom. The van der Waals surface area contributed by atoms with Crippen LogP contribution >= 0.6 is 11.8 Å². The minimum Gasteiger partial charge on any atom is -0.389 e. The van der Waals surface area contributed by atoms with Gasteiger partial charge in [-0.3, -0.25) is 4.68 Å². The van der Waals surface area contributed by atoms with Crippen molar-refractivity contribution in [2.24, 2.45) is 7.05 Å². The minimum absolute atomic E-state index is 0.426. The fourth-order valence-corrected chi connectivity index (χ4v) is 2.41. The van der Waals surface area contributed by atoms with Crippen LogP contribution in [0.15, 0.2) is 35.5 Å². The van der Waals surface area contributed by atoms with Crippen LogP contribution in [-0.2, 0) is 12.8 Å². The van der Waals surface area contributed by atoms with Crippen molar-refractivity contribution < 1.29 is 5.11 Å². The normalized spacial score (nSPS) is 12.6. The van der Waals surface area contributed by atoms with Gasteiger partial charge in [0.15, 0.2) is 0 Å². The molecule has 1 aromatic carbocycles. The number of aliphatic hydroxyl groups is 1. The maximum Gasteiger partial charge on any atom is 0.138 e. The quantitative estimate of drug-likeness (QED) is 0.844. The van der Waals surface area contributed by atoms with Crippen LogP contribution in [0.2, 0.25) is 0 Å². The lowest BCUT2D eigenvalue weighted by atomic mass is 10.1. The molecule has 0 aliphatic rings. The number of aromatic nitrogens is 3. The lowest BCUT2D eigenvalue weighted by Gasteiger charge is -2.07. The number of nitrogens with zero attached hydrogens (tertiary/aromatic N) is 3. The molecule has 1 unspecified atom stereocenters. The Morgan fingerprint density at radius 1 is 1.47 bits per heavy atom. The van der Waals surface area contributed by atoms with E-state index >= 15 is 0 Å². The molecule has 2 aromatic rings. The van der Waals surface area contributed by atoms with Gasteiger partial charge in [-0.15, -0.1) is 11.8 Å². The van der Waals surface area contributed by atoms with Crippen molar-refractivity contribution in [3.8, 4) is 0 Å². The highest BCUT2D eigenvalue weighted by Gasteiger charge is 2.04. The van der Waals surface area contributed by atoms with Crippen LogP contribution in [0.4, 0.5) is 0 Å². The summed E-state index contributed by atoms with van der Waals surface area (Å²) in [5.74, 6) is 1.72. The van der Waals surface area contributed by atoms with Crippen LogP contribution in [0.25, 0.3) is 0 Å². The first-order chi connectivity index (χ1) is 8.16. The third-order valence-corrected chi connectivity index (χ3v) is 3.50. The van der Waals surface area contributed by atoms with Gasteiger partial charge in [0.05, 0.1) is 11.9 Å². The Balaban J connectivity index is 2.04. The molecule has 2 rings (SSSR count). The average molecular weight is 249 g/mol. The van der Waals surface area contributed by atoms with Gasteiger partial charge in [0.25, 0.3) is 0 Å². The first-order valence-corrected chi connectivity index (χ1v) is 6.39. The second-order valence-corrected chi connectivity index (χ2v) is 4.89. The minimum atomic E-state index is -0.426.